The predicted octanol–water partition coefficient (Wildman–Crippen LogP) is 1.86. The van der Waals surface area contributed by atoms with E-state index in [9.17, 15) is 14.6 Å². The second-order valence-corrected chi connectivity index (χ2v) is 8.00. The Morgan fingerprint density at radius 3 is 2.57 bits per heavy atom. The number of benzene rings is 1. The van der Waals surface area contributed by atoms with Crippen molar-refractivity contribution in [2.45, 2.75) is 63.7 Å². The normalized spacial score (nSPS) is 24.1. The minimum atomic E-state index is -1.07. The molecule has 1 atom stereocenters. The summed E-state index contributed by atoms with van der Waals surface area (Å²) in [6.07, 6.45) is 4.97. The van der Waals surface area contributed by atoms with Crippen molar-refractivity contribution in [2.24, 2.45) is 22.4 Å². The fourth-order valence-electron chi connectivity index (χ4n) is 4.32. The van der Waals surface area contributed by atoms with E-state index in [1.165, 1.54) is 6.92 Å². The Balaban J connectivity index is 1.55. The van der Waals surface area contributed by atoms with E-state index in [0.717, 1.165) is 31.2 Å². The summed E-state index contributed by atoms with van der Waals surface area (Å²) in [5, 5.41) is 10.4. The Morgan fingerprint density at radius 2 is 1.93 bits per heavy atom. The fourth-order valence-corrected chi connectivity index (χ4v) is 4.32. The average Bonchev–Trinajstić information content (AvgIpc) is 2.63. The van der Waals surface area contributed by atoms with Crippen LogP contribution in [0.2, 0.25) is 5.82 Å². The summed E-state index contributed by atoms with van der Waals surface area (Å²) in [6.45, 7) is 1.48. The molecule has 0 unspecified atom stereocenters. The van der Waals surface area contributed by atoms with E-state index in [1.54, 1.807) is 6.07 Å². The Kier molecular flexibility index (Phi) is 6.39. The number of rotatable bonds is 6. The lowest BCUT2D eigenvalue weighted by atomic mass is 9.64. The van der Waals surface area contributed by atoms with Crippen LogP contribution in [0.25, 0.3) is 0 Å². The summed E-state index contributed by atoms with van der Waals surface area (Å²) in [7, 11) is -1.07. The second kappa shape index (κ2) is 8.77. The molecule has 1 aliphatic carbocycles. The number of aliphatic imine (C=N–C) groups is 1. The van der Waals surface area contributed by atoms with Crippen molar-refractivity contribution >= 4 is 24.6 Å². The molecule has 0 amide bonds. The summed E-state index contributed by atoms with van der Waals surface area (Å²) in [6, 6.07) is 5.55. The number of hydrogen-bond acceptors (Lipinski definition) is 5. The van der Waals surface area contributed by atoms with Gasteiger partial charge in [-0.1, -0.05) is 12.1 Å². The van der Waals surface area contributed by atoms with Gasteiger partial charge in [0.05, 0.1) is 11.6 Å². The van der Waals surface area contributed by atoms with Gasteiger partial charge in [0.15, 0.2) is 11.7 Å². The van der Waals surface area contributed by atoms with Crippen LogP contribution in [0.5, 0.6) is 5.75 Å². The van der Waals surface area contributed by atoms with Gasteiger partial charge in [-0.15, -0.1) is 0 Å². The van der Waals surface area contributed by atoms with Gasteiger partial charge in [-0.05, 0) is 56.6 Å². The van der Waals surface area contributed by atoms with Crippen LogP contribution >= 0.6 is 0 Å². The Morgan fingerprint density at radius 1 is 1.21 bits per heavy atom. The largest absolute Gasteiger partial charge is 0.535 e. The number of fused-ring (bicyclic) bond motifs is 1. The molecule has 28 heavy (non-hydrogen) atoms. The Labute approximate surface area is 165 Å². The first-order chi connectivity index (χ1) is 13.3. The number of para-hydroxylation sites is 1. The molecule has 0 spiro atoms. The molecule has 0 saturated heterocycles. The van der Waals surface area contributed by atoms with Gasteiger partial charge in [0.2, 0.25) is 0 Å². The van der Waals surface area contributed by atoms with Crippen LogP contribution in [0.1, 0.15) is 61.4 Å². The minimum Gasteiger partial charge on any atom is -0.535 e. The Hall–Kier alpha value is -2.35. The number of carbonyl (C=O) groups excluding carboxylic acids is 2. The topological polar surface area (TPSA) is 128 Å². The monoisotopic (exact) mass is 385 g/mol. The van der Waals surface area contributed by atoms with Crippen molar-refractivity contribution in [1.82, 2.24) is 0 Å². The molecule has 0 radical (unpaired) electrons. The van der Waals surface area contributed by atoms with Crippen LogP contribution in [-0.4, -0.2) is 35.7 Å². The highest BCUT2D eigenvalue weighted by molar-refractivity contribution is 6.47. The minimum absolute atomic E-state index is 0.102. The molecule has 0 aromatic heterocycles. The summed E-state index contributed by atoms with van der Waals surface area (Å²) in [4.78, 5) is 28.5. The quantitative estimate of drug-likeness (QED) is 0.297. The predicted molar refractivity (Wildman–Crippen MR) is 108 cm³/mol. The van der Waals surface area contributed by atoms with Crippen molar-refractivity contribution in [2.75, 3.05) is 0 Å². The molecule has 1 saturated carbocycles. The van der Waals surface area contributed by atoms with Crippen molar-refractivity contribution < 1.29 is 19.3 Å². The van der Waals surface area contributed by atoms with Gasteiger partial charge in [0.25, 0.3) is 0 Å². The molecular weight excluding hydrogens is 357 g/mol. The summed E-state index contributed by atoms with van der Waals surface area (Å²) < 4.78 is 5.62. The maximum Gasteiger partial charge on any atom is 0.526 e. The maximum absolute atomic E-state index is 12.6. The zero-order valence-electron chi connectivity index (χ0n) is 16.3. The first-order valence-corrected chi connectivity index (χ1v) is 9.91. The number of nitrogens with zero attached hydrogens (tertiary/aromatic N) is 1. The van der Waals surface area contributed by atoms with Crippen molar-refractivity contribution in [3.05, 3.63) is 29.3 Å². The van der Waals surface area contributed by atoms with Crippen molar-refractivity contribution in [3.63, 3.8) is 0 Å². The van der Waals surface area contributed by atoms with E-state index in [4.69, 9.17) is 16.1 Å². The molecule has 1 fully saturated rings. The highest BCUT2D eigenvalue weighted by Crippen LogP contribution is 2.37. The third kappa shape index (κ3) is 4.92. The first-order valence-electron chi connectivity index (χ1n) is 9.91. The lowest BCUT2D eigenvalue weighted by Gasteiger charge is -2.29. The zero-order valence-corrected chi connectivity index (χ0v) is 16.3. The lowest BCUT2D eigenvalue weighted by molar-refractivity contribution is -0.120. The van der Waals surface area contributed by atoms with E-state index in [1.807, 2.05) is 12.1 Å². The van der Waals surface area contributed by atoms with E-state index in [-0.39, 0.29) is 35.8 Å². The summed E-state index contributed by atoms with van der Waals surface area (Å²) in [5.74, 6) is 0.665. The molecule has 1 heterocycles. The molecule has 1 aromatic carbocycles. The van der Waals surface area contributed by atoms with Crippen LogP contribution < -0.4 is 16.1 Å². The Bertz CT molecular complexity index is 771. The van der Waals surface area contributed by atoms with Crippen molar-refractivity contribution in [1.29, 1.82) is 0 Å². The van der Waals surface area contributed by atoms with Crippen LogP contribution in [0, 0.1) is 5.92 Å². The van der Waals surface area contributed by atoms with Crippen LogP contribution in [0.4, 0.5) is 0 Å². The molecule has 3 rings (SSSR count). The van der Waals surface area contributed by atoms with Crippen LogP contribution in [0.3, 0.4) is 0 Å². The third-order valence-corrected chi connectivity index (χ3v) is 5.75. The molecule has 1 aromatic rings. The molecule has 150 valence electrons. The molecule has 7 nitrogen and oxygen atoms in total. The van der Waals surface area contributed by atoms with Gasteiger partial charge in [0.1, 0.15) is 11.5 Å². The fraction of sp³-hybridized carbons (Fsp3) is 0.550. The number of Topliss-reactive ketones (excluding diaryl/α,β-unsaturated/α-hetero) is 2. The number of ketones is 2. The van der Waals surface area contributed by atoms with Gasteiger partial charge in [-0.3, -0.25) is 14.6 Å². The highest BCUT2D eigenvalue weighted by Gasteiger charge is 2.37. The number of nitrogens with two attached hydrogens (primary N) is 2. The van der Waals surface area contributed by atoms with Gasteiger partial charge in [-0.25, -0.2) is 0 Å². The maximum atomic E-state index is 12.6. The zero-order chi connectivity index (χ0) is 20.3. The van der Waals surface area contributed by atoms with E-state index in [0.29, 0.717) is 30.1 Å². The standard InChI is InChI=1S/C20H28BN3O4/c1-12(25)18-4-2-3-14-10-15(21(27)28-19(14)18)11-17(26)9-13-5-7-16(8-6-13)24-20(22)23/h2-4,13,15-16,27H,5-11H2,1H3,(H4,22,23,24)/t13?,15-,16?/m1/s1. The molecule has 5 N–H and O–H groups in total. The SMILES string of the molecule is CC(=O)c1cccc2c1OB(O)[C@@H](CC(=O)CC1CCC(N=C(N)N)CC1)C2. The molecule has 2 aliphatic rings. The molecule has 8 heteroatoms. The van der Waals surface area contributed by atoms with E-state index >= 15 is 0 Å². The van der Waals surface area contributed by atoms with Crippen LogP contribution in [0.15, 0.2) is 23.2 Å². The third-order valence-electron chi connectivity index (χ3n) is 5.75. The number of carbonyl (C=O) groups is 2. The molecule has 1 aliphatic heterocycles. The van der Waals surface area contributed by atoms with Crippen LogP contribution in [-0.2, 0) is 11.2 Å². The second-order valence-electron chi connectivity index (χ2n) is 8.00. The first kappa shape index (κ1) is 20.4. The van der Waals surface area contributed by atoms with Crippen molar-refractivity contribution in [3.8, 4) is 5.75 Å². The van der Waals surface area contributed by atoms with Gasteiger partial charge in [-0.2, -0.15) is 0 Å². The highest BCUT2D eigenvalue weighted by atomic mass is 16.5. The van der Waals surface area contributed by atoms with Gasteiger partial charge in [0, 0.05) is 18.7 Å². The van der Waals surface area contributed by atoms with Gasteiger partial charge >= 0.3 is 7.12 Å². The van der Waals surface area contributed by atoms with E-state index < -0.39 is 7.12 Å². The van der Waals surface area contributed by atoms with Gasteiger partial charge < -0.3 is 21.1 Å². The average molecular weight is 385 g/mol. The molecule has 0 bridgehead atoms. The number of guanidine groups is 1. The summed E-state index contributed by atoms with van der Waals surface area (Å²) in [5.41, 5.74) is 12.2. The molecular formula is C20H28BN3O4. The van der Waals surface area contributed by atoms with E-state index in [2.05, 4.69) is 4.99 Å². The summed E-state index contributed by atoms with van der Waals surface area (Å²) >= 11 is 0. The lowest BCUT2D eigenvalue weighted by Crippen LogP contribution is -2.36. The number of hydrogen-bond donors (Lipinski definition) is 3. The smallest absolute Gasteiger partial charge is 0.526 e.